The molecule has 1 atom stereocenters. The van der Waals surface area contributed by atoms with Gasteiger partial charge in [0.2, 0.25) is 5.78 Å². The van der Waals surface area contributed by atoms with E-state index in [1.165, 1.54) is 18.2 Å². The van der Waals surface area contributed by atoms with Crippen LogP contribution in [0.4, 0.5) is 0 Å². The molecule has 0 aliphatic carbocycles. The van der Waals surface area contributed by atoms with Gasteiger partial charge < -0.3 is 14.8 Å². The fourth-order valence-corrected chi connectivity index (χ4v) is 2.71. The Morgan fingerprint density at radius 2 is 1.88 bits per heavy atom. The van der Waals surface area contributed by atoms with Crippen LogP contribution in [0.25, 0.3) is 10.9 Å². The molecular formula is C19H17NO4. The molecule has 2 aromatic carbocycles. The summed E-state index contributed by atoms with van der Waals surface area (Å²) >= 11 is 0. The Balaban J connectivity index is 1.84. The van der Waals surface area contributed by atoms with Gasteiger partial charge in [0.25, 0.3) is 0 Å². The maximum absolute atomic E-state index is 12.7. The van der Waals surface area contributed by atoms with Crippen LogP contribution in [0.3, 0.4) is 0 Å². The first kappa shape index (κ1) is 15.8. The lowest BCUT2D eigenvalue weighted by Gasteiger charge is -2.12. The molecule has 0 radical (unpaired) electrons. The first-order valence-corrected chi connectivity index (χ1v) is 7.59. The number of rotatable bonds is 4. The van der Waals surface area contributed by atoms with Crippen LogP contribution in [0.2, 0.25) is 0 Å². The van der Waals surface area contributed by atoms with Crippen molar-refractivity contribution in [3.8, 4) is 5.75 Å². The molecule has 3 rings (SSSR count). The number of hydrogen-bond donors (Lipinski definition) is 2. The number of ether oxygens (including phenoxy) is 1. The number of fused-ring (bicyclic) bond motifs is 1. The van der Waals surface area contributed by atoms with Crippen LogP contribution in [0.1, 0.15) is 33.3 Å². The molecular weight excluding hydrogens is 306 g/mol. The molecule has 0 saturated carbocycles. The van der Waals surface area contributed by atoms with E-state index in [9.17, 15) is 14.7 Å². The lowest BCUT2D eigenvalue weighted by molar-refractivity contribution is 0.0319. The van der Waals surface area contributed by atoms with Crippen molar-refractivity contribution in [3.63, 3.8) is 0 Å². The molecule has 122 valence electrons. The van der Waals surface area contributed by atoms with Crippen LogP contribution in [-0.4, -0.2) is 27.9 Å². The van der Waals surface area contributed by atoms with Crippen molar-refractivity contribution in [1.82, 2.24) is 4.98 Å². The Bertz CT molecular complexity index is 926. The number of carbonyl (C=O) groups is 2. The predicted octanol–water partition coefficient (Wildman–Crippen LogP) is 3.61. The van der Waals surface area contributed by atoms with Crippen molar-refractivity contribution < 1.29 is 19.4 Å². The third kappa shape index (κ3) is 2.88. The van der Waals surface area contributed by atoms with Crippen molar-refractivity contribution in [2.24, 2.45) is 0 Å². The summed E-state index contributed by atoms with van der Waals surface area (Å²) in [6.45, 7) is 3.36. The fraction of sp³-hybridized carbons (Fsp3) is 0.158. The van der Waals surface area contributed by atoms with Gasteiger partial charge in [0.05, 0.1) is 5.56 Å². The molecule has 5 heteroatoms. The van der Waals surface area contributed by atoms with E-state index in [1.807, 2.05) is 31.2 Å². The highest BCUT2D eigenvalue weighted by Gasteiger charge is 2.24. The molecule has 0 amide bonds. The molecule has 1 aromatic heterocycles. The summed E-state index contributed by atoms with van der Waals surface area (Å²) in [5.74, 6) is -0.946. The van der Waals surface area contributed by atoms with E-state index in [-0.39, 0.29) is 17.1 Å². The minimum atomic E-state index is -0.933. The summed E-state index contributed by atoms with van der Waals surface area (Å²) < 4.78 is 5.27. The molecule has 0 saturated heterocycles. The minimum Gasteiger partial charge on any atom is -0.508 e. The number of H-pyrrole nitrogens is 1. The summed E-state index contributed by atoms with van der Waals surface area (Å²) in [5.41, 5.74) is 2.33. The van der Waals surface area contributed by atoms with Gasteiger partial charge in [-0.05, 0) is 38.1 Å². The number of nitrogens with one attached hydrogen (secondary N) is 1. The van der Waals surface area contributed by atoms with Crippen molar-refractivity contribution >= 4 is 22.7 Å². The van der Waals surface area contributed by atoms with E-state index in [4.69, 9.17) is 4.74 Å². The molecule has 0 fully saturated rings. The smallest absolute Gasteiger partial charge is 0.338 e. The zero-order valence-corrected chi connectivity index (χ0v) is 13.4. The molecule has 2 N–H and O–H groups in total. The highest BCUT2D eigenvalue weighted by molar-refractivity contribution is 6.11. The molecule has 24 heavy (non-hydrogen) atoms. The Hall–Kier alpha value is -3.08. The van der Waals surface area contributed by atoms with Gasteiger partial charge in [-0.1, -0.05) is 24.3 Å². The lowest BCUT2D eigenvalue weighted by atomic mass is 10.0. The van der Waals surface area contributed by atoms with Gasteiger partial charge in [-0.2, -0.15) is 0 Å². The predicted molar refractivity (Wildman–Crippen MR) is 90.4 cm³/mol. The third-order valence-corrected chi connectivity index (χ3v) is 3.87. The lowest BCUT2D eigenvalue weighted by Crippen LogP contribution is -2.24. The quantitative estimate of drug-likeness (QED) is 0.568. The number of phenols is 1. The van der Waals surface area contributed by atoms with Crippen LogP contribution in [0, 0.1) is 6.92 Å². The SMILES string of the molecule is Cc1[nH]c2ccccc2c1C(=O)[C@H](C)OC(=O)c1cccc(O)c1. The number of esters is 1. The van der Waals surface area contributed by atoms with E-state index < -0.39 is 12.1 Å². The topological polar surface area (TPSA) is 79.4 Å². The van der Waals surface area contributed by atoms with Crippen LogP contribution >= 0.6 is 0 Å². The van der Waals surface area contributed by atoms with E-state index in [1.54, 1.807) is 13.0 Å². The average Bonchev–Trinajstić information content (AvgIpc) is 2.89. The van der Waals surface area contributed by atoms with Gasteiger partial charge in [-0.15, -0.1) is 0 Å². The van der Waals surface area contributed by atoms with Crippen LogP contribution in [0.15, 0.2) is 48.5 Å². The standard InChI is InChI=1S/C19H17NO4/c1-11-17(15-8-3-4-9-16(15)20-11)18(22)12(2)24-19(23)13-6-5-7-14(21)10-13/h3-10,12,20-21H,1-2H3/t12-/m0/s1. The largest absolute Gasteiger partial charge is 0.508 e. The monoisotopic (exact) mass is 323 g/mol. The molecule has 1 heterocycles. The first-order chi connectivity index (χ1) is 11.5. The van der Waals surface area contributed by atoms with E-state index in [0.29, 0.717) is 5.56 Å². The number of phenolic OH excluding ortho intramolecular Hbond substituents is 1. The maximum Gasteiger partial charge on any atom is 0.338 e. The highest BCUT2D eigenvalue weighted by Crippen LogP contribution is 2.24. The van der Waals surface area contributed by atoms with Gasteiger partial charge in [0.1, 0.15) is 5.75 Å². The number of carbonyl (C=O) groups excluding carboxylic acids is 2. The van der Waals surface area contributed by atoms with Gasteiger partial charge in [0, 0.05) is 22.2 Å². The Kier molecular flexibility index (Phi) is 4.08. The Labute approximate surface area is 138 Å². The summed E-state index contributed by atoms with van der Waals surface area (Å²) in [4.78, 5) is 28.0. The first-order valence-electron chi connectivity index (χ1n) is 7.59. The number of benzene rings is 2. The zero-order chi connectivity index (χ0) is 17.3. The van der Waals surface area contributed by atoms with Crippen molar-refractivity contribution in [1.29, 1.82) is 0 Å². The molecule has 3 aromatic rings. The second-order valence-electron chi connectivity index (χ2n) is 5.63. The Morgan fingerprint density at radius 3 is 2.62 bits per heavy atom. The number of hydrogen-bond acceptors (Lipinski definition) is 4. The second kappa shape index (κ2) is 6.20. The summed E-state index contributed by atoms with van der Waals surface area (Å²) in [7, 11) is 0. The fourth-order valence-electron chi connectivity index (χ4n) is 2.71. The Morgan fingerprint density at radius 1 is 1.12 bits per heavy atom. The molecule has 0 unspecified atom stereocenters. The van der Waals surface area contributed by atoms with Crippen molar-refractivity contribution in [2.45, 2.75) is 20.0 Å². The second-order valence-corrected chi connectivity index (χ2v) is 5.63. The van der Waals surface area contributed by atoms with Crippen LogP contribution < -0.4 is 0 Å². The van der Waals surface area contributed by atoms with Crippen LogP contribution in [0.5, 0.6) is 5.75 Å². The molecule has 5 nitrogen and oxygen atoms in total. The minimum absolute atomic E-state index is 0.0316. The zero-order valence-electron chi connectivity index (χ0n) is 13.4. The van der Waals surface area contributed by atoms with Crippen molar-refractivity contribution in [3.05, 3.63) is 65.4 Å². The summed E-state index contributed by atoms with van der Waals surface area (Å²) in [5, 5.41) is 10.2. The number of aryl methyl sites for hydroxylation is 1. The number of ketones is 1. The van der Waals surface area contributed by atoms with E-state index in [2.05, 4.69) is 4.98 Å². The molecule has 0 aliphatic rings. The van der Waals surface area contributed by atoms with Gasteiger partial charge >= 0.3 is 5.97 Å². The molecule has 0 bridgehead atoms. The van der Waals surface area contributed by atoms with Crippen LogP contribution in [-0.2, 0) is 4.74 Å². The summed E-state index contributed by atoms with van der Waals surface area (Å²) in [6.07, 6.45) is -0.933. The highest BCUT2D eigenvalue weighted by atomic mass is 16.5. The maximum atomic E-state index is 12.7. The average molecular weight is 323 g/mol. The van der Waals surface area contributed by atoms with Gasteiger partial charge in [-0.3, -0.25) is 4.79 Å². The van der Waals surface area contributed by atoms with E-state index >= 15 is 0 Å². The van der Waals surface area contributed by atoms with Gasteiger partial charge in [-0.25, -0.2) is 4.79 Å². The number of Topliss-reactive ketones (excluding diaryl/α,β-unsaturated/α-hetero) is 1. The summed E-state index contributed by atoms with van der Waals surface area (Å²) in [6, 6.07) is 13.3. The molecule has 0 aliphatic heterocycles. The molecule has 0 spiro atoms. The van der Waals surface area contributed by atoms with Gasteiger partial charge in [0.15, 0.2) is 6.10 Å². The number of para-hydroxylation sites is 1. The number of aromatic amines is 1. The third-order valence-electron chi connectivity index (χ3n) is 3.87. The number of aromatic hydroxyl groups is 1. The normalized spacial score (nSPS) is 12.1. The number of aromatic nitrogens is 1. The van der Waals surface area contributed by atoms with E-state index in [0.717, 1.165) is 16.6 Å². The van der Waals surface area contributed by atoms with Crippen molar-refractivity contribution in [2.75, 3.05) is 0 Å².